The monoisotopic (exact) mass is 1840 g/mol. The number of phenolic OH excluding ortho intramolecular Hbond substituents is 3. The smallest absolute Gasteiger partial charge is 0.330 e. The van der Waals surface area contributed by atoms with Crippen molar-refractivity contribution in [2.75, 3.05) is 20.3 Å². The van der Waals surface area contributed by atoms with Crippen molar-refractivity contribution in [3.05, 3.63) is 152 Å². The van der Waals surface area contributed by atoms with Crippen molar-refractivity contribution in [3.8, 4) is 68.6 Å². The van der Waals surface area contributed by atoms with Crippen LogP contribution < -0.4 is 73.3 Å². The van der Waals surface area contributed by atoms with Gasteiger partial charge in [-0.05, 0) is 126 Å². The van der Waals surface area contributed by atoms with Crippen molar-refractivity contribution in [2.24, 2.45) is 17.6 Å². The lowest BCUT2D eigenvalue weighted by Gasteiger charge is -2.53. The van der Waals surface area contributed by atoms with E-state index >= 15 is 24.0 Å². The van der Waals surface area contributed by atoms with Gasteiger partial charge < -0.3 is 159 Å². The van der Waals surface area contributed by atoms with Gasteiger partial charge in [-0.25, -0.2) is 4.79 Å². The molecule has 7 amide bonds. The number of rotatable bonds is 23. The number of likely N-dealkylation sites (N-methyl/N-ethyl adjacent to an activating group) is 1. The third kappa shape index (κ3) is 21.2. The second-order valence-corrected chi connectivity index (χ2v) is 39.4. The zero-order chi connectivity index (χ0) is 93.1. The summed E-state index contributed by atoms with van der Waals surface area (Å²) in [5.74, 6) is -14.8. The number of benzene rings is 6. The summed E-state index contributed by atoms with van der Waals surface area (Å²) < 4.78 is 38.2. The number of hydrogen-bond acceptors (Lipinski definition) is 32. The number of fused-ring (bicyclic) bond motifs is 15. The summed E-state index contributed by atoms with van der Waals surface area (Å²) in [6, 6.07) is 2.87. The average Bonchev–Trinajstić information content (AvgIpc) is 0.750. The van der Waals surface area contributed by atoms with E-state index in [9.17, 15) is 91.1 Å². The van der Waals surface area contributed by atoms with Crippen LogP contribution in [0.3, 0.4) is 0 Å². The maximum absolute atomic E-state index is 16.5. The van der Waals surface area contributed by atoms with E-state index in [-0.39, 0.29) is 42.3 Å². The lowest BCUT2D eigenvalue weighted by atomic mass is 9.64. The van der Waals surface area contributed by atoms with Gasteiger partial charge in [0.2, 0.25) is 53.4 Å². The summed E-state index contributed by atoms with van der Waals surface area (Å²) in [7, 11) is -0.280. The van der Waals surface area contributed by atoms with Crippen LogP contribution >= 0.6 is 23.2 Å². The minimum atomic E-state index is -2.47. The molecular formula is C85H103Cl2N11O29Si. The predicted molar refractivity (Wildman–Crippen MR) is 452 cm³/mol. The third-order valence-electron chi connectivity index (χ3n) is 23.0. The zero-order valence-corrected chi connectivity index (χ0v) is 72.4. The first-order valence-corrected chi connectivity index (χ1v) is 45.1. The Hall–Kier alpha value is -10.5. The number of primary amides is 1. The molecule has 7 heterocycles. The van der Waals surface area contributed by atoms with Gasteiger partial charge in [-0.3, -0.25) is 33.6 Å². The number of carbonyl (C=O) groups excluding carboxylic acids is 7. The Labute approximate surface area is 742 Å². The number of amides is 7. The molecule has 7 aliphatic heterocycles. The number of aliphatic hydroxyl groups is 10. The molecule has 0 radical (unpaired) electrons. The number of carboxylic acids is 1. The van der Waals surface area contributed by atoms with Gasteiger partial charge in [0.05, 0.1) is 53.4 Å². The Morgan fingerprint density at radius 1 is 0.688 bits per heavy atom. The number of nitrogens with one attached hydrogen (secondary N) is 10. The molecule has 6 aromatic carbocycles. The van der Waals surface area contributed by atoms with Crippen molar-refractivity contribution in [3.63, 3.8) is 0 Å². The van der Waals surface area contributed by atoms with Crippen molar-refractivity contribution < 1.29 is 143 Å². The lowest BCUT2D eigenvalue weighted by molar-refractivity contribution is -0.315. The van der Waals surface area contributed by atoms with Crippen LogP contribution in [0, 0.1) is 23.3 Å². The number of aliphatic hydroxyl groups excluding tert-OH is 10. The van der Waals surface area contributed by atoms with E-state index in [4.69, 9.17) is 57.4 Å². The highest BCUT2D eigenvalue weighted by Crippen LogP contribution is 2.51. The molecule has 2 saturated heterocycles. The minimum absolute atomic E-state index is 0.141. The summed E-state index contributed by atoms with van der Waals surface area (Å²) in [6.45, 7) is 9.17. The van der Waals surface area contributed by atoms with E-state index in [0.717, 1.165) is 77.9 Å². The van der Waals surface area contributed by atoms with Crippen LogP contribution in [0.15, 0.2) is 97.1 Å². The molecule has 3 fully saturated rings. The summed E-state index contributed by atoms with van der Waals surface area (Å²) in [5, 5.41) is 196. The molecule has 1 saturated carbocycles. The molecule has 43 heteroatoms. The number of nitrogens with two attached hydrogens (primary N) is 1. The van der Waals surface area contributed by atoms with Gasteiger partial charge in [-0.15, -0.1) is 5.54 Å². The molecule has 27 N–H and O–H groups in total. The van der Waals surface area contributed by atoms with Crippen LogP contribution in [-0.2, 0) is 65.7 Å². The van der Waals surface area contributed by atoms with Crippen LogP contribution in [0.25, 0.3) is 11.1 Å². The number of carbonyl (C=O) groups is 8. The number of hydrogen-bond donors (Lipinski definition) is 26. The molecule has 7 unspecified atom stereocenters. The van der Waals surface area contributed by atoms with E-state index in [1.54, 1.807) is 26.3 Å². The standard InChI is InChI=1S/C85H103Cl2N11O29Si/c1-34(2)20-47(89-4)76(113)96-63-66(105)39-13-16-51(45(86)22-39)122-53-24-41-25-54(73(53)127-84-74(72(111)70(109)56(33-100)125-84)126-58(104)29-85(28-35(3)75(85)112)91-30-37-10-8-36(9-11-37)18-19-128(5,6)7)123-52-17-14-40(23-46(52)87)67(106)64-81(118)95-62(83(119)120)43-26-50(102)44(31-90-65-71(110)69(108)55(32-99)124-82(65)98-121)68(107)59(43)42-21-38(12-15-49(42)101)60(78(115)97-64)94-79(116)61(41)93-77(114)48(27-57(88)103)92-80(63)117/h8-17,21-26,34-35,47-48,55-56,58,60-67,69-72,74-75,82,84,89-91,98-102,104-112,121H,20,27-33H2,1-7H3,(H2,88,103)(H,92,117)(H,93,114)(H,94,116)(H,95,118)(H,96,113)(H,97,115)(H,119,120)/t35-,47-,48?,55?,56-,58+,60+,61-,62+,63-,64+,65?,66-,67-,69+,70?,71?,72?,74-,75-,82-,84+,85?/m1/s1. The first-order chi connectivity index (χ1) is 60.5. The van der Waals surface area contributed by atoms with Crippen molar-refractivity contribution in [2.45, 2.75) is 213 Å². The molecule has 6 aromatic rings. The molecule has 23 atom stereocenters. The Morgan fingerprint density at radius 3 is 1.87 bits per heavy atom. The number of aliphatic carboxylic acids is 1. The van der Waals surface area contributed by atoms with Crippen molar-refractivity contribution >= 4 is 78.6 Å². The van der Waals surface area contributed by atoms with Gasteiger partial charge in [0.15, 0.2) is 29.9 Å². The molecule has 690 valence electrons. The summed E-state index contributed by atoms with van der Waals surface area (Å²) >= 11 is 14.3. The molecule has 0 spiro atoms. The average molecular weight is 1840 g/mol. The quantitative estimate of drug-likeness (QED) is 0.0168. The van der Waals surface area contributed by atoms with Gasteiger partial charge in [0, 0.05) is 47.3 Å². The Morgan fingerprint density at radius 2 is 1.29 bits per heavy atom. The number of ether oxygens (including phenoxy) is 6. The second-order valence-electron chi connectivity index (χ2n) is 33.8. The maximum Gasteiger partial charge on any atom is 0.330 e. The molecule has 128 heavy (non-hydrogen) atoms. The Kier molecular flexibility index (Phi) is 30.4. The van der Waals surface area contributed by atoms with Crippen LogP contribution in [-0.4, -0.2) is 256 Å². The van der Waals surface area contributed by atoms with Crippen molar-refractivity contribution in [1.29, 1.82) is 0 Å². The fourth-order valence-corrected chi connectivity index (χ4v) is 17.2. The third-order valence-corrected chi connectivity index (χ3v) is 24.5. The zero-order valence-electron chi connectivity index (χ0n) is 69.9. The summed E-state index contributed by atoms with van der Waals surface area (Å²) in [5.41, 5.74) is 6.82. The molecule has 0 aromatic heterocycles. The molecular weight excluding hydrogens is 1740 g/mol. The van der Waals surface area contributed by atoms with Gasteiger partial charge in [0.25, 0.3) is 0 Å². The van der Waals surface area contributed by atoms with Crippen LogP contribution in [0.4, 0.5) is 0 Å². The van der Waals surface area contributed by atoms with Crippen LogP contribution in [0.1, 0.15) is 121 Å². The fourth-order valence-electron chi connectivity index (χ4n) is 16.2. The van der Waals surface area contributed by atoms with Crippen molar-refractivity contribution in [1.82, 2.24) is 53.3 Å². The number of phenols is 3. The van der Waals surface area contributed by atoms with E-state index in [2.05, 4.69) is 79.0 Å². The molecule has 11 bridgehead atoms. The normalized spacial score (nSPS) is 28.9. The van der Waals surface area contributed by atoms with E-state index in [1.165, 1.54) is 13.1 Å². The number of aromatic hydroxyl groups is 3. The SMILES string of the molecule is CN[C@H](CC(C)C)C(=O)N[C@H]1C(=O)NC(CC(N)=O)C(=O)N[C@H]2C(=O)N[C@@H]3C(=O)N[C@H](C(=O)N[C@H](C(=O)O)c4cc(O)c(CNC5C(O)[C@@H](O)C(CO)O[C@H]5NO)c(O)c4-c4cc3ccc4O)[C@H](O)c3ccc(c(Cl)c3)Oc3cc2cc(c3O[C@@H]2O[C@H](CO)C(O)C(O)[C@H]2O[C@H](O)CC2(NCc3ccc(C#C[Si](C)(C)C)cc3)C[C@@H](C)[C@H]2O)Oc2ccc(cc2Cl)[C@H]1O. The Bertz CT molecular complexity index is 5240. The van der Waals surface area contributed by atoms with Crippen LogP contribution in [0.5, 0.6) is 46.0 Å². The highest BCUT2D eigenvalue weighted by Gasteiger charge is 2.55. The highest BCUT2D eigenvalue weighted by molar-refractivity contribution is 6.83. The van der Waals surface area contributed by atoms with E-state index < -0.39 is 311 Å². The van der Waals surface area contributed by atoms with Gasteiger partial charge in [-0.1, -0.05) is 99.9 Å². The molecule has 14 rings (SSSR count). The summed E-state index contributed by atoms with van der Waals surface area (Å²) in [4.78, 5) is 120. The second kappa shape index (κ2) is 40.3. The first kappa shape index (κ1) is 96.6. The molecule has 40 nitrogen and oxygen atoms in total. The Balaban J connectivity index is 1.05. The van der Waals surface area contributed by atoms with Gasteiger partial charge >= 0.3 is 5.97 Å². The number of hydroxylamine groups is 1. The fraction of sp³-hybridized carbons (Fsp3) is 0.459. The molecule has 1 aliphatic carbocycles. The maximum atomic E-state index is 16.5. The lowest BCUT2D eigenvalue weighted by Crippen LogP contribution is -2.67. The number of carboxylic acid groups (broad SMARTS) is 1. The predicted octanol–water partition coefficient (Wildman–Crippen LogP) is -0.364. The van der Waals surface area contributed by atoms with E-state index in [0.29, 0.717) is 0 Å². The summed E-state index contributed by atoms with van der Waals surface area (Å²) in [6.07, 6.45) is -25.8. The first-order valence-electron chi connectivity index (χ1n) is 40.9. The molecule has 8 aliphatic rings. The highest BCUT2D eigenvalue weighted by atomic mass is 35.5. The largest absolute Gasteiger partial charge is 0.507 e. The number of halogens is 2. The van der Waals surface area contributed by atoms with Gasteiger partial charge in [-0.2, -0.15) is 5.48 Å². The van der Waals surface area contributed by atoms with E-state index in [1.807, 2.05) is 24.3 Å². The topological polar surface area (TPSA) is 642 Å². The van der Waals surface area contributed by atoms with Gasteiger partial charge in [0.1, 0.15) is 122 Å². The minimum Gasteiger partial charge on any atom is -0.507 e. The van der Waals surface area contributed by atoms with Crippen LogP contribution in [0.2, 0.25) is 29.7 Å².